The van der Waals surface area contributed by atoms with Crippen LogP contribution in [-0.4, -0.2) is 24.0 Å². The molecule has 0 atom stereocenters. The average molecular weight is 353 g/mol. The summed E-state index contributed by atoms with van der Waals surface area (Å²) in [6.45, 7) is 1.50. The van der Waals surface area contributed by atoms with Crippen LogP contribution in [0.15, 0.2) is 48.5 Å². The number of pyridine rings is 1. The molecule has 0 aliphatic carbocycles. The highest BCUT2D eigenvalue weighted by Crippen LogP contribution is 2.24. The molecule has 0 bridgehead atoms. The largest absolute Gasteiger partial charge is 0.465 e. The van der Waals surface area contributed by atoms with E-state index >= 15 is 0 Å². The Hall–Kier alpha value is -3.28. The zero-order valence-electron chi connectivity index (χ0n) is 14.3. The maximum atomic E-state index is 13.7. The van der Waals surface area contributed by atoms with Crippen molar-refractivity contribution in [2.24, 2.45) is 0 Å². The fraction of sp³-hybridized carbons (Fsp3) is 0.150. The highest BCUT2D eigenvalue weighted by Gasteiger charge is 2.21. The molecule has 1 heterocycles. The van der Waals surface area contributed by atoms with E-state index in [0.29, 0.717) is 11.1 Å². The van der Waals surface area contributed by atoms with Crippen molar-refractivity contribution in [2.45, 2.75) is 13.5 Å². The molecule has 0 saturated carbocycles. The Bertz CT molecular complexity index is 1000. The Balaban J connectivity index is 1.97. The summed E-state index contributed by atoms with van der Waals surface area (Å²) in [6.07, 6.45) is 0. The van der Waals surface area contributed by atoms with Crippen molar-refractivity contribution < 1.29 is 23.5 Å². The molecule has 132 valence electrons. The third-order valence-electron chi connectivity index (χ3n) is 4.05. The summed E-state index contributed by atoms with van der Waals surface area (Å²) < 4.78 is 23.7. The van der Waals surface area contributed by atoms with Crippen molar-refractivity contribution in [3.8, 4) is 0 Å². The van der Waals surface area contributed by atoms with Crippen molar-refractivity contribution in [1.82, 2.24) is 4.98 Å². The lowest BCUT2D eigenvalue weighted by Crippen LogP contribution is -2.14. The molecule has 0 fully saturated rings. The van der Waals surface area contributed by atoms with Gasteiger partial charge >= 0.3 is 11.9 Å². The lowest BCUT2D eigenvalue weighted by atomic mass is 10.0. The summed E-state index contributed by atoms with van der Waals surface area (Å²) >= 11 is 0. The molecule has 3 aromatic rings. The van der Waals surface area contributed by atoms with Crippen LogP contribution in [-0.2, 0) is 16.1 Å². The van der Waals surface area contributed by atoms with Crippen LogP contribution in [0.3, 0.4) is 0 Å². The standard InChI is InChI=1S/C20H16FNO4/c1-12-13-7-4-6-10-16(13)22-17(18(12)20(24)25-2)11-26-19(23)14-8-3-5-9-15(14)21/h3-10H,11H2,1-2H3. The Kier molecular flexibility index (Phi) is 4.93. The highest BCUT2D eigenvalue weighted by atomic mass is 19.1. The molecule has 5 nitrogen and oxygen atoms in total. The van der Waals surface area contributed by atoms with Gasteiger partial charge in [-0.25, -0.2) is 19.0 Å². The fourth-order valence-electron chi connectivity index (χ4n) is 2.76. The van der Waals surface area contributed by atoms with E-state index in [2.05, 4.69) is 4.98 Å². The number of benzene rings is 2. The van der Waals surface area contributed by atoms with Gasteiger partial charge in [0.05, 0.1) is 29.4 Å². The molecule has 0 aliphatic heterocycles. The molecule has 0 unspecified atom stereocenters. The van der Waals surface area contributed by atoms with Crippen molar-refractivity contribution >= 4 is 22.8 Å². The number of para-hydroxylation sites is 1. The molecular weight excluding hydrogens is 337 g/mol. The van der Waals surface area contributed by atoms with Gasteiger partial charge in [0.15, 0.2) is 0 Å². The molecule has 0 spiro atoms. The van der Waals surface area contributed by atoms with E-state index in [-0.39, 0.29) is 23.4 Å². The lowest BCUT2D eigenvalue weighted by Gasteiger charge is -2.13. The van der Waals surface area contributed by atoms with E-state index < -0.39 is 17.8 Å². The summed E-state index contributed by atoms with van der Waals surface area (Å²) in [5.74, 6) is -2.07. The SMILES string of the molecule is COC(=O)c1c(COC(=O)c2ccccc2F)nc2ccccc2c1C. The average Bonchev–Trinajstić information content (AvgIpc) is 2.66. The molecule has 2 aromatic carbocycles. The van der Waals surface area contributed by atoms with E-state index in [1.54, 1.807) is 13.0 Å². The van der Waals surface area contributed by atoms with Crippen molar-refractivity contribution in [3.63, 3.8) is 0 Å². The summed E-state index contributed by atoms with van der Waals surface area (Å²) in [5, 5.41) is 0.803. The summed E-state index contributed by atoms with van der Waals surface area (Å²) in [6, 6.07) is 12.8. The van der Waals surface area contributed by atoms with Crippen LogP contribution in [0.5, 0.6) is 0 Å². The van der Waals surface area contributed by atoms with Crippen molar-refractivity contribution in [3.05, 3.63) is 76.7 Å². The summed E-state index contributed by atoms with van der Waals surface area (Å²) in [4.78, 5) is 28.8. The zero-order valence-corrected chi connectivity index (χ0v) is 14.3. The molecule has 0 N–H and O–H groups in total. The Morgan fingerprint density at radius 3 is 2.46 bits per heavy atom. The van der Waals surface area contributed by atoms with Gasteiger partial charge in [-0.3, -0.25) is 0 Å². The first-order chi connectivity index (χ1) is 12.5. The molecule has 0 radical (unpaired) electrons. The minimum Gasteiger partial charge on any atom is -0.465 e. The Morgan fingerprint density at radius 1 is 1.04 bits per heavy atom. The molecule has 0 saturated heterocycles. The van der Waals surface area contributed by atoms with E-state index in [9.17, 15) is 14.0 Å². The Labute approximate surface area is 149 Å². The smallest absolute Gasteiger partial charge is 0.341 e. The number of fused-ring (bicyclic) bond motifs is 1. The number of carbonyl (C=O) groups excluding carboxylic acids is 2. The number of halogens is 1. The van der Waals surface area contributed by atoms with Crippen LogP contribution in [0.1, 0.15) is 32.0 Å². The first kappa shape index (κ1) is 17.5. The molecule has 0 aliphatic rings. The topological polar surface area (TPSA) is 65.5 Å². The van der Waals surface area contributed by atoms with E-state index in [1.165, 1.54) is 31.4 Å². The van der Waals surface area contributed by atoms with Gasteiger partial charge in [0, 0.05) is 5.39 Å². The van der Waals surface area contributed by atoms with E-state index in [4.69, 9.17) is 9.47 Å². The molecular formula is C20H16FNO4. The van der Waals surface area contributed by atoms with Gasteiger partial charge in [-0.2, -0.15) is 0 Å². The predicted molar refractivity (Wildman–Crippen MR) is 93.3 cm³/mol. The third-order valence-corrected chi connectivity index (χ3v) is 4.05. The predicted octanol–water partition coefficient (Wildman–Crippen LogP) is 3.83. The number of esters is 2. The molecule has 6 heteroatoms. The molecule has 1 aromatic heterocycles. The Morgan fingerprint density at radius 2 is 1.73 bits per heavy atom. The minimum absolute atomic E-state index is 0.176. The van der Waals surface area contributed by atoms with Gasteiger partial charge in [-0.1, -0.05) is 30.3 Å². The second kappa shape index (κ2) is 7.31. The van der Waals surface area contributed by atoms with Crippen LogP contribution >= 0.6 is 0 Å². The number of nitrogens with zero attached hydrogens (tertiary/aromatic N) is 1. The maximum absolute atomic E-state index is 13.7. The molecule has 0 amide bonds. The number of carbonyl (C=O) groups is 2. The fourth-order valence-corrected chi connectivity index (χ4v) is 2.76. The summed E-state index contributed by atoms with van der Waals surface area (Å²) in [7, 11) is 1.27. The number of rotatable bonds is 4. The van der Waals surface area contributed by atoms with Crippen LogP contribution in [0.4, 0.5) is 4.39 Å². The number of hydrogen-bond donors (Lipinski definition) is 0. The molecule has 26 heavy (non-hydrogen) atoms. The van der Waals surface area contributed by atoms with E-state index in [0.717, 1.165) is 5.39 Å². The quantitative estimate of drug-likeness (QED) is 0.667. The van der Waals surface area contributed by atoms with Gasteiger partial charge < -0.3 is 9.47 Å². The van der Waals surface area contributed by atoms with E-state index in [1.807, 2.05) is 18.2 Å². The number of hydrogen-bond acceptors (Lipinski definition) is 5. The van der Waals surface area contributed by atoms with Gasteiger partial charge in [0.1, 0.15) is 12.4 Å². The monoisotopic (exact) mass is 353 g/mol. The maximum Gasteiger partial charge on any atom is 0.341 e. The highest BCUT2D eigenvalue weighted by molar-refractivity contribution is 5.98. The van der Waals surface area contributed by atoms with Crippen LogP contribution in [0.2, 0.25) is 0 Å². The van der Waals surface area contributed by atoms with Gasteiger partial charge in [0.2, 0.25) is 0 Å². The van der Waals surface area contributed by atoms with Crippen LogP contribution in [0.25, 0.3) is 10.9 Å². The second-order valence-electron chi connectivity index (χ2n) is 5.62. The first-order valence-corrected chi connectivity index (χ1v) is 7.91. The first-order valence-electron chi connectivity index (χ1n) is 7.91. The van der Waals surface area contributed by atoms with Crippen LogP contribution < -0.4 is 0 Å². The molecule has 3 rings (SSSR count). The normalized spacial score (nSPS) is 10.6. The van der Waals surface area contributed by atoms with Gasteiger partial charge in [-0.05, 0) is 30.7 Å². The zero-order chi connectivity index (χ0) is 18.7. The van der Waals surface area contributed by atoms with Crippen LogP contribution in [0, 0.1) is 12.7 Å². The number of aromatic nitrogens is 1. The minimum atomic E-state index is -0.827. The van der Waals surface area contributed by atoms with Crippen molar-refractivity contribution in [1.29, 1.82) is 0 Å². The lowest BCUT2D eigenvalue weighted by molar-refractivity contribution is 0.0450. The van der Waals surface area contributed by atoms with Gasteiger partial charge in [-0.15, -0.1) is 0 Å². The third kappa shape index (κ3) is 3.26. The van der Waals surface area contributed by atoms with Crippen molar-refractivity contribution in [2.75, 3.05) is 7.11 Å². The second-order valence-corrected chi connectivity index (χ2v) is 5.62. The summed E-state index contributed by atoms with van der Waals surface area (Å²) in [5.41, 5.74) is 1.67. The number of methoxy groups -OCH3 is 1. The number of ether oxygens (including phenoxy) is 2. The van der Waals surface area contributed by atoms with Gasteiger partial charge in [0.25, 0.3) is 0 Å². The number of aryl methyl sites for hydroxylation is 1.